The van der Waals surface area contributed by atoms with E-state index in [1.165, 1.54) is 26.4 Å². The predicted molar refractivity (Wildman–Crippen MR) is 62.1 cm³/mol. The van der Waals surface area contributed by atoms with Crippen LogP contribution in [-0.4, -0.2) is 31.3 Å². The van der Waals surface area contributed by atoms with Crippen LogP contribution in [0.2, 0.25) is 0 Å². The highest BCUT2D eigenvalue weighted by atomic mass is 16.5. The zero-order valence-electron chi connectivity index (χ0n) is 10.3. The summed E-state index contributed by atoms with van der Waals surface area (Å²) in [7, 11) is 1.37. The fraction of sp³-hybridized carbons (Fsp3) is 0.917. The molecule has 0 spiro atoms. The monoisotopic (exact) mass is 229 g/mol. The average Bonchev–Trinajstić information content (AvgIpc) is 2.19. The van der Waals surface area contributed by atoms with Gasteiger partial charge >= 0.3 is 5.97 Å². The van der Waals surface area contributed by atoms with Crippen LogP contribution >= 0.6 is 0 Å². The summed E-state index contributed by atoms with van der Waals surface area (Å²) in [4.78, 5) is 11.3. The third-order valence-electron chi connectivity index (χ3n) is 3.15. The Labute approximate surface area is 97.5 Å². The Hall–Kier alpha value is -0.610. The molecule has 0 radical (unpaired) electrons. The summed E-state index contributed by atoms with van der Waals surface area (Å²) in [6, 6.07) is 0. The van der Waals surface area contributed by atoms with E-state index in [0.29, 0.717) is 12.5 Å². The van der Waals surface area contributed by atoms with Crippen molar-refractivity contribution < 1.29 is 14.3 Å². The van der Waals surface area contributed by atoms with Crippen LogP contribution in [0.4, 0.5) is 0 Å². The zero-order valence-corrected chi connectivity index (χ0v) is 10.3. The van der Waals surface area contributed by atoms with Gasteiger partial charge in [-0.3, -0.25) is 4.79 Å². The average molecular weight is 229 g/mol. The first-order valence-electron chi connectivity index (χ1n) is 6.05. The number of hydrogen-bond donors (Lipinski definition) is 1. The molecule has 1 rings (SSSR count). The van der Waals surface area contributed by atoms with Gasteiger partial charge in [0.25, 0.3) is 0 Å². The lowest BCUT2D eigenvalue weighted by Crippen LogP contribution is -2.45. The Kier molecular flexibility index (Phi) is 5.22. The molecule has 94 valence electrons. The van der Waals surface area contributed by atoms with Crippen LogP contribution in [0.25, 0.3) is 0 Å². The number of rotatable bonds is 7. The number of hydrogen-bond acceptors (Lipinski definition) is 4. The van der Waals surface area contributed by atoms with Crippen LogP contribution in [0.15, 0.2) is 0 Å². The van der Waals surface area contributed by atoms with Crippen LogP contribution in [0, 0.1) is 0 Å². The van der Waals surface area contributed by atoms with Gasteiger partial charge in [0, 0.05) is 6.61 Å². The van der Waals surface area contributed by atoms with Gasteiger partial charge in [0.15, 0.2) is 0 Å². The topological polar surface area (TPSA) is 61.5 Å². The number of unbranched alkanes of at least 4 members (excludes halogenated alkanes) is 1. The first kappa shape index (κ1) is 13.5. The number of methoxy groups -OCH3 is 1. The van der Waals surface area contributed by atoms with Crippen molar-refractivity contribution in [3.8, 4) is 0 Å². The van der Waals surface area contributed by atoms with E-state index in [-0.39, 0.29) is 5.97 Å². The lowest BCUT2D eigenvalue weighted by atomic mass is 9.95. The Morgan fingerprint density at radius 3 is 2.62 bits per heavy atom. The number of esters is 1. The highest BCUT2D eigenvalue weighted by molar-refractivity contribution is 5.79. The fourth-order valence-corrected chi connectivity index (χ4v) is 1.72. The zero-order chi connectivity index (χ0) is 12.0. The molecule has 1 aliphatic carbocycles. The molecule has 4 heteroatoms. The highest BCUT2D eigenvalue weighted by Crippen LogP contribution is 2.22. The lowest BCUT2D eigenvalue weighted by Gasteiger charge is -2.26. The minimum absolute atomic E-state index is 0.340. The molecule has 1 aliphatic rings. The molecule has 0 aromatic carbocycles. The Balaban J connectivity index is 2.02. The van der Waals surface area contributed by atoms with Gasteiger partial charge in [-0.1, -0.05) is 0 Å². The Bertz CT molecular complexity index is 224. The molecule has 4 nitrogen and oxygen atoms in total. The van der Waals surface area contributed by atoms with Crippen molar-refractivity contribution in [3.63, 3.8) is 0 Å². The summed E-state index contributed by atoms with van der Waals surface area (Å²) in [5.41, 5.74) is 4.98. The summed E-state index contributed by atoms with van der Waals surface area (Å²) in [6.07, 6.45) is 6.70. The van der Waals surface area contributed by atoms with E-state index >= 15 is 0 Å². The molecule has 1 saturated carbocycles. The molecular formula is C12H23NO3. The van der Waals surface area contributed by atoms with Gasteiger partial charge in [0.1, 0.15) is 5.54 Å². The molecule has 0 aliphatic heterocycles. The van der Waals surface area contributed by atoms with E-state index in [0.717, 1.165) is 19.4 Å². The molecule has 1 atom stereocenters. The summed E-state index contributed by atoms with van der Waals surface area (Å²) in [6.45, 7) is 2.49. The normalized spacial score (nSPS) is 19.9. The number of ether oxygens (including phenoxy) is 2. The predicted octanol–water partition coefficient (Wildman–Crippen LogP) is 1.62. The summed E-state index contributed by atoms with van der Waals surface area (Å²) >= 11 is 0. The summed E-state index contributed by atoms with van der Waals surface area (Å²) in [5, 5.41) is 0. The molecule has 0 heterocycles. The van der Waals surface area contributed by atoms with Gasteiger partial charge < -0.3 is 15.2 Å². The fourth-order valence-electron chi connectivity index (χ4n) is 1.72. The lowest BCUT2D eigenvalue weighted by molar-refractivity contribution is -0.146. The molecule has 0 amide bonds. The minimum Gasteiger partial charge on any atom is -0.468 e. The molecule has 0 saturated heterocycles. The van der Waals surface area contributed by atoms with Crippen LogP contribution in [0.3, 0.4) is 0 Å². The van der Waals surface area contributed by atoms with Gasteiger partial charge in [-0.15, -0.1) is 0 Å². The second-order valence-electron chi connectivity index (χ2n) is 4.79. The molecule has 0 bridgehead atoms. The quantitative estimate of drug-likeness (QED) is 0.532. The molecular weight excluding hydrogens is 206 g/mol. The smallest absolute Gasteiger partial charge is 0.325 e. The van der Waals surface area contributed by atoms with E-state index in [9.17, 15) is 4.79 Å². The number of carbonyl (C=O) groups is 1. The van der Waals surface area contributed by atoms with Crippen LogP contribution < -0.4 is 5.73 Å². The Morgan fingerprint density at radius 1 is 1.44 bits per heavy atom. The molecule has 1 fully saturated rings. The van der Waals surface area contributed by atoms with Crippen molar-refractivity contribution in [1.82, 2.24) is 0 Å². The van der Waals surface area contributed by atoms with Gasteiger partial charge in [0.2, 0.25) is 0 Å². The van der Waals surface area contributed by atoms with E-state index < -0.39 is 5.54 Å². The largest absolute Gasteiger partial charge is 0.468 e. The molecule has 0 aromatic rings. The van der Waals surface area contributed by atoms with Crippen molar-refractivity contribution in [2.75, 3.05) is 13.7 Å². The SMILES string of the molecule is COC(=O)C(C)(N)CCCCOC1CCC1. The minimum atomic E-state index is -0.856. The standard InChI is InChI=1S/C12H23NO3/c1-12(13,11(14)15-2)8-3-4-9-16-10-6-5-7-10/h10H,3-9,13H2,1-2H3. The van der Waals surface area contributed by atoms with Crippen molar-refractivity contribution in [2.45, 2.75) is 57.1 Å². The Morgan fingerprint density at radius 2 is 2.12 bits per heavy atom. The molecule has 1 unspecified atom stereocenters. The first-order valence-corrected chi connectivity index (χ1v) is 6.05. The number of carbonyl (C=O) groups excluding carboxylic acids is 1. The van der Waals surface area contributed by atoms with Crippen molar-refractivity contribution in [3.05, 3.63) is 0 Å². The van der Waals surface area contributed by atoms with E-state index in [1.807, 2.05) is 0 Å². The maximum atomic E-state index is 11.3. The van der Waals surface area contributed by atoms with Gasteiger partial charge in [-0.2, -0.15) is 0 Å². The van der Waals surface area contributed by atoms with E-state index in [2.05, 4.69) is 4.74 Å². The summed E-state index contributed by atoms with van der Waals surface area (Å²) in [5.74, 6) is -0.340. The maximum absolute atomic E-state index is 11.3. The second-order valence-corrected chi connectivity index (χ2v) is 4.79. The summed E-state index contributed by atoms with van der Waals surface area (Å²) < 4.78 is 10.3. The molecule has 2 N–H and O–H groups in total. The van der Waals surface area contributed by atoms with Crippen molar-refractivity contribution in [2.24, 2.45) is 5.73 Å². The van der Waals surface area contributed by atoms with Crippen LogP contribution in [-0.2, 0) is 14.3 Å². The van der Waals surface area contributed by atoms with Crippen molar-refractivity contribution >= 4 is 5.97 Å². The maximum Gasteiger partial charge on any atom is 0.325 e. The second kappa shape index (κ2) is 6.21. The highest BCUT2D eigenvalue weighted by Gasteiger charge is 2.28. The van der Waals surface area contributed by atoms with Crippen LogP contribution in [0.1, 0.15) is 45.4 Å². The van der Waals surface area contributed by atoms with Crippen LogP contribution in [0.5, 0.6) is 0 Å². The number of nitrogens with two attached hydrogens (primary N) is 1. The van der Waals surface area contributed by atoms with Gasteiger partial charge in [-0.25, -0.2) is 0 Å². The third kappa shape index (κ3) is 4.10. The van der Waals surface area contributed by atoms with E-state index in [4.69, 9.17) is 10.5 Å². The van der Waals surface area contributed by atoms with E-state index in [1.54, 1.807) is 6.92 Å². The third-order valence-corrected chi connectivity index (χ3v) is 3.15. The van der Waals surface area contributed by atoms with Gasteiger partial charge in [0.05, 0.1) is 13.2 Å². The van der Waals surface area contributed by atoms with Gasteiger partial charge in [-0.05, 0) is 45.4 Å². The molecule has 0 aromatic heterocycles. The molecule has 16 heavy (non-hydrogen) atoms. The van der Waals surface area contributed by atoms with Crippen molar-refractivity contribution in [1.29, 1.82) is 0 Å². The first-order chi connectivity index (χ1) is 7.56.